The minimum Gasteiger partial charge on any atom is -0.370 e. The average Bonchev–Trinajstić information content (AvgIpc) is 2.53. The Hall–Kier alpha value is -2.24. The zero-order chi connectivity index (χ0) is 15.6. The van der Waals surface area contributed by atoms with Gasteiger partial charge in [0.25, 0.3) is 0 Å². The Kier molecular flexibility index (Phi) is 3.81. The molecule has 6 nitrogen and oxygen atoms in total. The number of aryl methyl sites for hydroxylation is 3. The van der Waals surface area contributed by atoms with E-state index in [2.05, 4.69) is 36.4 Å². The largest absolute Gasteiger partial charge is 0.370 e. The molecule has 0 atom stereocenters. The fourth-order valence-electron chi connectivity index (χ4n) is 3.32. The monoisotopic (exact) mass is 310 g/mol. The van der Waals surface area contributed by atoms with E-state index in [1.165, 1.54) is 24.1 Å². The van der Waals surface area contributed by atoms with Crippen molar-refractivity contribution in [3.63, 3.8) is 0 Å². The summed E-state index contributed by atoms with van der Waals surface area (Å²) in [7, 11) is 0. The minimum absolute atomic E-state index is 0.628. The van der Waals surface area contributed by atoms with Crippen molar-refractivity contribution in [2.45, 2.75) is 32.6 Å². The molecule has 0 spiro atoms. The first-order valence-electron chi connectivity index (χ1n) is 8.41. The number of hydrogen-bond acceptors (Lipinski definition) is 6. The van der Waals surface area contributed by atoms with Crippen LogP contribution >= 0.6 is 0 Å². The van der Waals surface area contributed by atoms with E-state index in [0.29, 0.717) is 5.92 Å². The van der Waals surface area contributed by atoms with Gasteiger partial charge in [0.05, 0.1) is 5.69 Å². The van der Waals surface area contributed by atoms with E-state index in [4.69, 9.17) is 0 Å². The van der Waals surface area contributed by atoms with Gasteiger partial charge in [0.15, 0.2) is 5.82 Å². The van der Waals surface area contributed by atoms with Crippen LogP contribution in [0.3, 0.4) is 0 Å². The molecular weight excluding hydrogens is 288 g/mol. The van der Waals surface area contributed by atoms with Gasteiger partial charge < -0.3 is 10.2 Å². The van der Waals surface area contributed by atoms with Crippen molar-refractivity contribution in [3.8, 4) is 0 Å². The van der Waals surface area contributed by atoms with Crippen LogP contribution in [-0.4, -0.2) is 39.8 Å². The molecule has 0 aromatic carbocycles. The lowest BCUT2D eigenvalue weighted by Crippen LogP contribution is -2.50. The predicted molar refractivity (Wildman–Crippen MR) is 89.6 cm³/mol. The van der Waals surface area contributed by atoms with Gasteiger partial charge in [-0.25, -0.2) is 9.97 Å². The normalized spacial score (nSPS) is 17.5. The van der Waals surface area contributed by atoms with Gasteiger partial charge in [-0.2, -0.15) is 5.10 Å². The second-order valence-electron chi connectivity index (χ2n) is 6.58. The summed E-state index contributed by atoms with van der Waals surface area (Å²) in [5.74, 6) is 2.58. The third-order valence-electron chi connectivity index (χ3n) is 4.71. The highest BCUT2D eigenvalue weighted by Crippen LogP contribution is 2.26. The quantitative estimate of drug-likeness (QED) is 0.932. The SMILES string of the molecule is Cc1cc(NCC2CN(c3cc4c(nn3)CCCC4)C2)ncn1. The molecule has 4 rings (SSSR count). The Balaban J connectivity index is 1.31. The Labute approximate surface area is 136 Å². The van der Waals surface area contributed by atoms with Crippen LogP contribution in [0, 0.1) is 12.8 Å². The van der Waals surface area contributed by atoms with Crippen LogP contribution < -0.4 is 10.2 Å². The van der Waals surface area contributed by atoms with Crippen LogP contribution in [0.1, 0.15) is 29.8 Å². The standard InChI is InChI=1S/C17H22N6/c1-12-6-16(20-11-19-12)18-8-13-9-23(10-13)17-7-14-4-2-3-5-15(14)21-22-17/h6-7,11,13H,2-5,8-10H2,1H3,(H,18,19,20). The van der Waals surface area contributed by atoms with Crippen molar-refractivity contribution in [2.75, 3.05) is 29.9 Å². The summed E-state index contributed by atoms with van der Waals surface area (Å²) in [5, 5.41) is 12.2. The van der Waals surface area contributed by atoms with Gasteiger partial charge in [0.2, 0.25) is 0 Å². The molecule has 2 aliphatic rings. The predicted octanol–water partition coefficient (Wildman–Crippen LogP) is 2.00. The zero-order valence-corrected chi connectivity index (χ0v) is 13.5. The highest BCUT2D eigenvalue weighted by atomic mass is 15.3. The number of hydrogen-bond donors (Lipinski definition) is 1. The van der Waals surface area contributed by atoms with Gasteiger partial charge in [-0.3, -0.25) is 0 Å². The van der Waals surface area contributed by atoms with Crippen LogP contribution in [0.25, 0.3) is 0 Å². The van der Waals surface area contributed by atoms with Crippen molar-refractivity contribution in [2.24, 2.45) is 5.92 Å². The summed E-state index contributed by atoms with van der Waals surface area (Å²) in [4.78, 5) is 10.7. The van der Waals surface area contributed by atoms with E-state index in [-0.39, 0.29) is 0 Å². The van der Waals surface area contributed by atoms with Crippen LogP contribution in [0.4, 0.5) is 11.6 Å². The Bertz CT molecular complexity index is 695. The third-order valence-corrected chi connectivity index (χ3v) is 4.71. The fraction of sp³-hybridized carbons (Fsp3) is 0.529. The first-order valence-corrected chi connectivity index (χ1v) is 8.41. The topological polar surface area (TPSA) is 66.8 Å². The van der Waals surface area contributed by atoms with E-state index >= 15 is 0 Å². The summed E-state index contributed by atoms with van der Waals surface area (Å²) < 4.78 is 0. The van der Waals surface area contributed by atoms with Gasteiger partial charge in [0, 0.05) is 37.3 Å². The molecule has 1 fully saturated rings. The van der Waals surface area contributed by atoms with Crippen LogP contribution in [-0.2, 0) is 12.8 Å². The summed E-state index contributed by atoms with van der Waals surface area (Å²) in [6.07, 6.45) is 6.38. The smallest absolute Gasteiger partial charge is 0.151 e. The first kappa shape index (κ1) is 14.4. The molecule has 2 aromatic heterocycles. The molecule has 0 bridgehead atoms. The molecule has 23 heavy (non-hydrogen) atoms. The second kappa shape index (κ2) is 6.10. The molecule has 0 amide bonds. The molecule has 1 N–H and O–H groups in total. The van der Waals surface area contributed by atoms with Gasteiger partial charge in [-0.05, 0) is 44.2 Å². The second-order valence-corrected chi connectivity index (χ2v) is 6.58. The molecule has 1 aliphatic heterocycles. The zero-order valence-electron chi connectivity index (χ0n) is 13.5. The maximum Gasteiger partial charge on any atom is 0.151 e. The van der Waals surface area contributed by atoms with Crippen molar-refractivity contribution in [1.82, 2.24) is 20.2 Å². The fourth-order valence-corrected chi connectivity index (χ4v) is 3.32. The van der Waals surface area contributed by atoms with Crippen LogP contribution in [0.5, 0.6) is 0 Å². The lowest BCUT2D eigenvalue weighted by molar-refractivity contribution is 0.424. The van der Waals surface area contributed by atoms with Gasteiger partial charge in [-0.1, -0.05) is 0 Å². The number of rotatable bonds is 4. The molecule has 3 heterocycles. The lowest BCUT2D eigenvalue weighted by Gasteiger charge is -2.40. The van der Waals surface area contributed by atoms with Gasteiger partial charge in [0.1, 0.15) is 12.1 Å². The summed E-state index contributed by atoms with van der Waals surface area (Å²) in [6, 6.07) is 4.23. The Morgan fingerprint density at radius 1 is 1.13 bits per heavy atom. The van der Waals surface area contributed by atoms with E-state index in [9.17, 15) is 0 Å². The van der Waals surface area contributed by atoms with Crippen molar-refractivity contribution in [1.29, 1.82) is 0 Å². The maximum atomic E-state index is 4.43. The number of fused-ring (bicyclic) bond motifs is 1. The molecule has 0 unspecified atom stereocenters. The third kappa shape index (κ3) is 3.11. The van der Waals surface area contributed by atoms with Crippen molar-refractivity contribution in [3.05, 3.63) is 35.4 Å². The van der Waals surface area contributed by atoms with Crippen molar-refractivity contribution < 1.29 is 0 Å². The van der Waals surface area contributed by atoms with Crippen LogP contribution in [0.2, 0.25) is 0 Å². The summed E-state index contributed by atoms with van der Waals surface area (Å²) in [6.45, 7) is 4.98. The minimum atomic E-state index is 0.628. The molecule has 1 saturated heterocycles. The molecular formula is C17H22N6. The Morgan fingerprint density at radius 3 is 2.87 bits per heavy atom. The van der Waals surface area contributed by atoms with Gasteiger partial charge >= 0.3 is 0 Å². The average molecular weight is 310 g/mol. The highest BCUT2D eigenvalue weighted by Gasteiger charge is 2.28. The summed E-state index contributed by atoms with van der Waals surface area (Å²) in [5.41, 5.74) is 3.60. The van der Waals surface area contributed by atoms with E-state index < -0.39 is 0 Å². The number of aromatic nitrogens is 4. The first-order chi connectivity index (χ1) is 11.3. The molecule has 2 aromatic rings. The molecule has 120 valence electrons. The van der Waals surface area contributed by atoms with E-state index in [1.54, 1.807) is 6.33 Å². The number of nitrogens with one attached hydrogen (secondary N) is 1. The van der Waals surface area contributed by atoms with Gasteiger partial charge in [-0.15, -0.1) is 5.10 Å². The molecule has 6 heteroatoms. The maximum absolute atomic E-state index is 4.43. The summed E-state index contributed by atoms with van der Waals surface area (Å²) >= 11 is 0. The highest BCUT2D eigenvalue weighted by molar-refractivity contribution is 5.45. The molecule has 1 aliphatic carbocycles. The number of nitrogens with zero attached hydrogens (tertiary/aromatic N) is 5. The molecule has 0 radical (unpaired) electrons. The van der Waals surface area contributed by atoms with Crippen LogP contribution in [0.15, 0.2) is 18.5 Å². The molecule has 0 saturated carbocycles. The lowest BCUT2D eigenvalue weighted by atomic mass is 9.95. The number of anilines is 2. The van der Waals surface area contributed by atoms with E-state index in [1.807, 2.05) is 13.0 Å². The Morgan fingerprint density at radius 2 is 2.00 bits per heavy atom. The van der Waals surface area contributed by atoms with E-state index in [0.717, 1.165) is 49.8 Å². The van der Waals surface area contributed by atoms with Crippen molar-refractivity contribution >= 4 is 11.6 Å².